The highest BCUT2D eigenvalue weighted by Gasteiger charge is 2.35. The van der Waals surface area contributed by atoms with Gasteiger partial charge in [-0.25, -0.2) is 4.79 Å². The number of aromatic nitrogens is 1. The van der Waals surface area contributed by atoms with E-state index in [2.05, 4.69) is 10.2 Å². The van der Waals surface area contributed by atoms with Crippen molar-refractivity contribution >= 4 is 34.8 Å². The summed E-state index contributed by atoms with van der Waals surface area (Å²) in [4.78, 5) is 41.4. The zero-order valence-corrected chi connectivity index (χ0v) is 19.7. The predicted octanol–water partition coefficient (Wildman–Crippen LogP) is 3.82. The van der Waals surface area contributed by atoms with Gasteiger partial charge in [-0.2, -0.15) is 0 Å². The molecule has 1 N–H and O–H groups in total. The van der Waals surface area contributed by atoms with Crippen LogP contribution in [0.25, 0.3) is 5.52 Å². The SMILES string of the molecule is CCOC(=O)c1cc(C(=O)c2cccc(Cl)c2)n2ccc(C(=O)N[C@H]3CN4CCC3CC4)cc12. The van der Waals surface area contributed by atoms with E-state index < -0.39 is 5.97 Å². The normalized spacial score (nSPS) is 21.4. The van der Waals surface area contributed by atoms with Crippen LogP contribution in [0.15, 0.2) is 48.7 Å². The highest BCUT2D eigenvalue weighted by Crippen LogP contribution is 2.28. The van der Waals surface area contributed by atoms with Crippen LogP contribution in [0.4, 0.5) is 0 Å². The molecule has 0 unspecified atom stereocenters. The Balaban J connectivity index is 1.50. The lowest BCUT2D eigenvalue weighted by molar-refractivity contribution is 0.0528. The number of ketones is 1. The number of esters is 1. The van der Waals surface area contributed by atoms with Gasteiger partial charge in [0, 0.05) is 34.9 Å². The fourth-order valence-corrected chi connectivity index (χ4v) is 5.23. The van der Waals surface area contributed by atoms with E-state index >= 15 is 0 Å². The average Bonchev–Trinajstić information content (AvgIpc) is 3.23. The van der Waals surface area contributed by atoms with Crippen LogP contribution < -0.4 is 5.32 Å². The Morgan fingerprint density at radius 1 is 1.09 bits per heavy atom. The van der Waals surface area contributed by atoms with Gasteiger partial charge in [0.05, 0.1) is 23.4 Å². The lowest BCUT2D eigenvalue weighted by atomic mass is 9.84. The van der Waals surface area contributed by atoms with Crippen molar-refractivity contribution in [3.8, 4) is 0 Å². The number of carbonyl (C=O) groups is 3. The molecule has 0 aliphatic carbocycles. The van der Waals surface area contributed by atoms with Gasteiger partial charge in [0.1, 0.15) is 0 Å². The molecule has 2 aromatic heterocycles. The minimum atomic E-state index is -0.542. The summed E-state index contributed by atoms with van der Waals surface area (Å²) in [6, 6.07) is 11.6. The number of fused-ring (bicyclic) bond motifs is 4. The highest BCUT2D eigenvalue weighted by molar-refractivity contribution is 6.31. The second-order valence-corrected chi connectivity index (χ2v) is 9.33. The summed E-state index contributed by atoms with van der Waals surface area (Å²) >= 11 is 6.07. The molecule has 3 fully saturated rings. The summed E-state index contributed by atoms with van der Waals surface area (Å²) in [5.74, 6) is -0.499. The molecule has 1 amide bonds. The van der Waals surface area contributed by atoms with E-state index in [-0.39, 0.29) is 29.9 Å². The Morgan fingerprint density at radius 3 is 2.56 bits per heavy atom. The fourth-order valence-electron chi connectivity index (χ4n) is 5.04. The number of halogens is 1. The molecule has 5 heterocycles. The number of nitrogens with zero attached hydrogens (tertiary/aromatic N) is 2. The number of ether oxygens (including phenoxy) is 1. The second-order valence-electron chi connectivity index (χ2n) is 8.89. The Bertz CT molecular complexity index is 1280. The first-order valence-corrected chi connectivity index (χ1v) is 12.0. The average molecular weight is 480 g/mol. The summed E-state index contributed by atoms with van der Waals surface area (Å²) < 4.78 is 6.84. The van der Waals surface area contributed by atoms with Gasteiger partial charge in [-0.1, -0.05) is 23.7 Å². The first kappa shape index (κ1) is 22.6. The molecule has 3 aromatic rings. The van der Waals surface area contributed by atoms with E-state index in [0.29, 0.717) is 33.3 Å². The van der Waals surface area contributed by atoms with Crippen molar-refractivity contribution in [1.82, 2.24) is 14.6 Å². The number of rotatable bonds is 6. The quantitative estimate of drug-likeness (QED) is 0.429. The summed E-state index contributed by atoms with van der Waals surface area (Å²) in [5.41, 5.74) is 1.83. The maximum Gasteiger partial charge on any atom is 0.340 e. The predicted molar refractivity (Wildman–Crippen MR) is 129 cm³/mol. The van der Waals surface area contributed by atoms with Crippen molar-refractivity contribution < 1.29 is 19.1 Å². The Kier molecular flexibility index (Phi) is 6.15. The van der Waals surface area contributed by atoms with E-state index in [1.54, 1.807) is 53.9 Å². The van der Waals surface area contributed by atoms with Crippen LogP contribution in [0.3, 0.4) is 0 Å². The molecular weight excluding hydrogens is 454 g/mol. The molecule has 3 aliphatic heterocycles. The molecule has 0 radical (unpaired) electrons. The molecule has 7 nitrogen and oxygen atoms in total. The van der Waals surface area contributed by atoms with Crippen molar-refractivity contribution in [3.63, 3.8) is 0 Å². The van der Waals surface area contributed by atoms with Crippen LogP contribution in [0.2, 0.25) is 5.02 Å². The zero-order chi connectivity index (χ0) is 23.8. The van der Waals surface area contributed by atoms with Gasteiger partial charge >= 0.3 is 5.97 Å². The minimum absolute atomic E-state index is 0.127. The third-order valence-electron chi connectivity index (χ3n) is 6.82. The largest absolute Gasteiger partial charge is 0.462 e. The van der Waals surface area contributed by atoms with Gasteiger partial charge in [0.25, 0.3) is 5.91 Å². The van der Waals surface area contributed by atoms with Crippen LogP contribution in [0, 0.1) is 5.92 Å². The number of pyridine rings is 1. The van der Waals surface area contributed by atoms with Gasteiger partial charge in [0.2, 0.25) is 5.78 Å². The molecule has 8 heteroatoms. The van der Waals surface area contributed by atoms with Crippen LogP contribution in [0.1, 0.15) is 56.5 Å². The molecule has 1 atom stereocenters. The van der Waals surface area contributed by atoms with E-state index in [0.717, 1.165) is 32.5 Å². The first-order chi connectivity index (χ1) is 16.4. The molecule has 0 saturated carbocycles. The van der Waals surface area contributed by atoms with Crippen LogP contribution in [-0.4, -0.2) is 59.2 Å². The number of carbonyl (C=O) groups excluding carboxylic acids is 3. The number of hydrogen-bond donors (Lipinski definition) is 1. The van der Waals surface area contributed by atoms with Crippen LogP contribution in [-0.2, 0) is 4.74 Å². The third kappa shape index (κ3) is 4.21. The highest BCUT2D eigenvalue weighted by atomic mass is 35.5. The van der Waals surface area contributed by atoms with Crippen LogP contribution in [0.5, 0.6) is 0 Å². The summed E-state index contributed by atoms with van der Waals surface area (Å²) in [5, 5.41) is 3.63. The molecule has 34 heavy (non-hydrogen) atoms. The van der Waals surface area contributed by atoms with Crippen molar-refractivity contribution in [2.75, 3.05) is 26.2 Å². The molecule has 1 aromatic carbocycles. The maximum atomic E-state index is 13.2. The summed E-state index contributed by atoms with van der Waals surface area (Å²) in [6.07, 6.45) is 3.86. The summed E-state index contributed by atoms with van der Waals surface area (Å²) in [6.45, 7) is 4.99. The van der Waals surface area contributed by atoms with E-state index in [1.165, 1.54) is 6.07 Å². The van der Waals surface area contributed by atoms with Crippen molar-refractivity contribution in [3.05, 3.63) is 76.1 Å². The number of amides is 1. The number of piperidine rings is 3. The van der Waals surface area contributed by atoms with E-state index in [4.69, 9.17) is 16.3 Å². The smallest absolute Gasteiger partial charge is 0.340 e. The Morgan fingerprint density at radius 2 is 1.88 bits per heavy atom. The monoisotopic (exact) mass is 479 g/mol. The third-order valence-corrected chi connectivity index (χ3v) is 7.06. The summed E-state index contributed by atoms with van der Waals surface area (Å²) in [7, 11) is 0. The van der Waals surface area contributed by atoms with Gasteiger partial charge < -0.3 is 19.4 Å². The molecule has 2 bridgehead atoms. The maximum absolute atomic E-state index is 13.2. The molecule has 0 spiro atoms. The lowest BCUT2D eigenvalue weighted by Gasteiger charge is -2.44. The molecule has 3 saturated heterocycles. The zero-order valence-electron chi connectivity index (χ0n) is 18.9. The van der Waals surface area contributed by atoms with Gasteiger partial charge in [-0.05, 0) is 69.1 Å². The lowest BCUT2D eigenvalue weighted by Crippen LogP contribution is -2.57. The van der Waals surface area contributed by atoms with Crippen molar-refractivity contribution in [2.45, 2.75) is 25.8 Å². The number of hydrogen-bond acceptors (Lipinski definition) is 5. The van der Waals surface area contributed by atoms with Crippen molar-refractivity contribution in [1.29, 1.82) is 0 Å². The molecule has 6 rings (SSSR count). The Labute approximate surface area is 202 Å². The molecule has 176 valence electrons. The van der Waals surface area contributed by atoms with E-state index in [1.807, 2.05) is 0 Å². The van der Waals surface area contributed by atoms with E-state index in [9.17, 15) is 14.4 Å². The van der Waals surface area contributed by atoms with Gasteiger partial charge in [0.15, 0.2) is 0 Å². The van der Waals surface area contributed by atoms with Crippen molar-refractivity contribution in [2.24, 2.45) is 5.92 Å². The first-order valence-electron chi connectivity index (χ1n) is 11.6. The van der Waals surface area contributed by atoms with Gasteiger partial charge in [-0.15, -0.1) is 0 Å². The fraction of sp³-hybridized carbons (Fsp3) is 0.346. The standard InChI is InChI=1S/C26H26ClN3O4/c1-2-34-26(33)20-14-23(24(31)17-4-3-5-19(27)12-17)30-11-8-18(13-22(20)30)25(32)28-21-15-29-9-6-16(21)7-10-29/h3-5,8,11-14,16,21H,2,6-7,9-10,15H2,1H3,(H,28,32)/t21-/m0/s1. The minimum Gasteiger partial charge on any atom is -0.462 e. The topological polar surface area (TPSA) is 80.1 Å². The number of benzene rings is 1. The van der Waals surface area contributed by atoms with Gasteiger partial charge in [-0.3, -0.25) is 9.59 Å². The molecule has 3 aliphatic rings. The number of nitrogens with one attached hydrogen (secondary N) is 1. The Hall–Kier alpha value is -3.16. The second kappa shape index (κ2) is 9.24. The van der Waals surface area contributed by atoms with Crippen LogP contribution >= 0.6 is 11.6 Å². The molecular formula is C26H26ClN3O4.